The van der Waals surface area contributed by atoms with Gasteiger partial charge < -0.3 is 0 Å². The SMILES string of the molecule is C=CCC(OC(C)=O)C(=O)OP(c1ccccc1)(c1ccccc1)(c1ccccc1)N1C(=O)[C@H]([C@@H](C)O[Si](C)(C)C(C)(C)C)[C@H]1CC(=O)c1n[nH]c(C)c1CCOC(=O)N(C)C. The Morgan fingerprint density at radius 1 is 0.935 bits per heavy atom. The number of aryl methyl sites for hydroxylation is 1. The van der Waals surface area contributed by atoms with Gasteiger partial charge in [-0.3, -0.25) is 0 Å². The van der Waals surface area contributed by atoms with Gasteiger partial charge in [0.1, 0.15) is 0 Å². The Morgan fingerprint density at radius 2 is 1.45 bits per heavy atom. The van der Waals surface area contributed by atoms with Crippen molar-refractivity contribution in [3.05, 3.63) is 121 Å². The number of esters is 1. The molecule has 1 aliphatic heterocycles. The van der Waals surface area contributed by atoms with Crippen LogP contribution in [0.25, 0.3) is 0 Å². The first-order valence-electron chi connectivity index (χ1n) is 20.8. The van der Waals surface area contributed by atoms with Gasteiger partial charge in [0.05, 0.1) is 0 Å². The summed E-state index contributed by atoms with van der Waals surface area (Å²) in [6.07, 6.45) is -1.23. The van der Waals surface area contributed by atoms with E-state index in [1.807, 2.05) is 97.9 Å². The zero-order valence-corrected chi connectivity index (χ0v) is 39.4. The van der Waals surface area contributed by atoms with Gasteiger partial charge in [-0.25, -0.2) is 0 Å². The summed E-state index contributed by atoms with van der Waals surface area (Å²) in [5.74, 6) is -3.21. The number of amides is 2. The normalized spacial score (nSPS) is 17.1. The van der Waals surface area contributed by atoms with Crippen molar-refractivity contribution in [3.63, 3.8) is 0 Å². The summed E-state index contributed by atoms with van der Waals surface area (Å²) in [5, 5.41) is 8.70. The van der Waals surface area contributed by atoms with Crippen molar-refractivity contribution in [1.82, 2.24) is 19.8 Å². The average Bonchev–Trinajstić information content (AvgIpc) is 3.59. The van der Waals surface area contributed by atoms with Crippen LogP contribution in [0.2, 0.25) is 18.1 Å². The van der Waals surface area contributed by atoms with E-state index >= 15 is 9.59 Å². The number of ether oxygens (including phenoxy) is 2. The monoisotopic (exact) mass is 884 g/mol. The molecule has 4 aromatic rings. The van der Waals surface area contributed by atoms with E-state index in [0.717, 1.165) is 0 Å². The number of ketones is 1. The van der Waals surface area contributed by atoms with E-state index in [2.05, 4.69) is 50.6 Å². The molecule has 2 amide bonds. The first-order chi connectivity index (χ1) is 29.2. The van der Waals surface area contributed by atoms with Gasteiger partial charge in [0, 0.05) is 0 Å². The second-order valence-electron chi connectivity index (χ2n) is 17.5. The first kappa shape index (κ1) is 47.6. The van der Waals surface area contributed by atoms with Gasteiger partial charge in [0.25, 0.3) is 0 Å². The van der Waals surface area contributed by atoms with Crippen molar-refractivity contribution in [2.45, 2.75) is 97.2 Å². The number of aromatic amines is 1. The maximum atomic E-state index is 15.8. The standard InChI is InChI=1S/C47H61N4O9PSi/c1-12-22-41(58-34(4)52)45(55)59-61(35-23-16-13-17-24-35,36-25-18-14-19-26-36,37-27-20-15-21-28-37)51-39(42(44(51)54)33(3)60-62(10,11)47(5,6)7)31-40(53)43-38(32(2)48-49-43)29-30-57-46(56)50(8)9/h12-21,23-28,33,39,41-42H,1,22,29-31H2,2-11H3,(H,48,49)/t33-,39-,41?,42-/m1/s1. The zero-order valence-electron chi connectivity index (χ0n) is 37.5. The molecule has 4 atom stereocenters. The van der Waals surface area contributed by atoms with Gasteiger partial charge in [-0.05, 0) is 0 Å². The molecule has 15 heteroatoms. The van der Waals surface area contributed by atoms with Crippen LogP contribution in [-0.2, 0) is 39.2 Å². The van der Waals surface area contributed by atoms with Crippen LogP contribution in [0.5, 0.6) is 0 Å². The zero-order chi connectivity index (χ0) is 45.6. The fourth-order valence-electron chi connectivity index (χ4n) is 8.02. The Hall–Kier alpha value is -5.43. The van der Waals surface area contributed by atoms with Crippen molar-refractivity contribution in [2.24, 2.45) is 5.92 Å². The van der Waals surface area contributed by atoms with Crippen LogP contribution in [0.1, 0.15) is 69.2 Å². The average molecular weight is 885 g/mol. The van der Waals surface area contributed by atoms with E-state index in [4.69, 9.17) is 18.4 Å². The summed E-state index contributed by atoms with van der Waals surface area (Å²) in [6.45, 7) is 14.1. The first-order valence-corrected chi connectivity index (χ1v) is 25.9. The van der Waals surface area contributed by atoms with Crippen LogP contribution in [0.15, 0.2) is 104 Å². The summed E-state index contributed by atoms with van der Waals surface area (Å²) in [4.78, 5) is 72.0. The maximum absolute atomic E-state index is 15.8. The molecular weight excluding hydrogens is 824 g/mol. The van der Waals surface area contributed by atoms with Gasteiger partial charge in [0.15, 0.2) is 0 Å². The van der Waals surface area contributed by atoms with Gasteiger partial charge in [0.2, 0.25) is 0 Å². The molecule has 0 spiro atoms. The van der Waals surface area contributed by atoms with E-state index in [0.29, 0.717) is 27.2 Å². The molecule has 0 aliphatic carbocycles. The predicted octanol–water partition coefficient (Wildman–Crippen LogP) is 7.18. The Balaban J connectivity index is 1.82. The number of nitrogens with one attached hydrogen (secondary N) is 1. The third-order valence-electron chi connectivity index (χ3n) is 12.0. The quantitative estimate of drug-likeness (QED) is 0.0271. The van der Waals surface area contributed by atoms with E-state index in [-0.39, 0.29) is 48.3 Å². The fourth-order valence-corrected chi connectivity index (χ4v) is 15.4. The van der Waals surface area contributed by atoms with Crippen molar-refractivity contribution in [1.29, 1.82) is 0 Å². The van der Waals surface area contributed by atoms with Gasteiger partial charge in [-0.2, -0.15) is 0 Å². The van der Waals surface area contributed by atoms with E-state index in [9.17, 15) is 14.4 Å². The molecule has 13 nitrogen and oxygen atoms in total. The molecular formula is C47H61N4O9PSi. The third kappa shape index (κ3) is 8.91. The number of rotatable bonds is 18. The number of carbonyl (C=O) groups is 5. The predicted molar refractivity (Wildman–Crippen MR) is 244 cm³/mol. The molecule has 2 heterocycles. The van der Waals surface area contributed by atoms with Crippen molar-refractivity contribution >= 4 is 60.9 Å². The molecule has 0 saturated carbocycles. The van der Waals surface area contributed by atoms with Crippen molar-refractivity contribution in [2.75, 3.05) is 20.7 Å². The molecule has 1 fully saturated rings. The van der Waals surface area contributed by atoms with E-state index in [1.165, 1.54) is 17.9 Å². The number of carbonyl (C=O) groups excluding carboxylic acids is 5. The Bertz CT molecular complexity index is 2160. The Labute approximate surface area is 366 Å². The number of benzene rings is 3. The van der Waals surface area contributed by atoms with Gasteiger partial charge >= 0.3 is 368 Å². The molecule has 0 bridgehead atoms. The summed E-state index contributed by atoms with van der Waals surface area (Å²) in [5.41, 5.74) is 1.36. The Kier molecular flexibility index (Phi) is 14.5. The van der Waals surface area contributed by atoms with Crippen LogP contribution < -0.4 is 15.9 Å². The number of Topliss-reactive ketones (excluding diaryl/α,β-unsaturated/α-hetero) is 1. The topological polar surface area (TPSA) is 157 Å². The van der Waals surface area contributed by atoms with Gasteiger partial charge in [-0.15, -0.1) is 0 Å². The third-order valence-corrected chi connectivity index (χ3v) is 22.2. The minimum atomic E-state index is -5.16. The number of hydrogen-bond acceptors (Lipinski definition) is 10. The number of aromatic nitrogens is 2. The van der Waals surface area contributed by atoms with Gasteiger partial charge in [-0.1, -0.05) is 0 Å². The Morgan fingerprint density at radius 3 is 1.90 bits per heavy atom. The molecule has 1 unspecified atom stereocenters. The minimum absolute atomic E-state index is 0.00253. The van der Waals surface area contributed by atoms with Crippen LogP contribution in [-0.4, -0.2) is 96.8 Å². The van der Waals surface area contributed by atoms with Crippen LogP contribution in [0, 0.1) is 12.8 Å². The number of H-pyrrole nitrogens is 1. The molecule has 3 aromatic carbocycles. The van der Waals surface area contributed by atoms with Crippen LogP contribution in [0.4, 0.5) is 4.79 Å². The molecule has 332 valence electrons. The summed E-state index contributed by atoms with van der Waals surface area (Å²) in [7, 11) is 0.661. The molecule has 1 aliphatic rings. The molecule has 62 heavy (non-hydrogen) atoms. The molecule has 1 aromatic heterocycles. The van der Waals surface area contributed by atoms with Crippen LogP contribution in [0.3, 0.4) is 0 Å². The molecule has 5 rings (SSSR count). The summed E-state index contributed by atoms with van der Waals surface area (Å²) in [6, 6.07) is 26.5. The van der Waals surface area contributed by atoms with E-state index < -0.39 is 57.5 Å². The van der Waals surface area contributed by atoms with Crippen molar-refractivity contribution in [3.8, 4) is 0 Å². The van der Waals surface area contributed by atoms with Crippen molar-refractivity contribution < 1.29 is 42.4 Å². The molecule has 1 saturated heterocycles. The summed E-state index contributed by atoms with van der Waals surface area (Å²) < 4.78 is 26.9. The molecule has 1 N–H and O–H groups in total. The fraction of sp³-hybridized carbons (Fsp3) is 0.404. The number of β-lactam (4-membered cyclic amide) rings is 1. The second kappa shape index (κ2) is 18.9. The number of hydrogen-bond donors (Lipinski definition) is 1. The number of nitrogens with zero attached hydrogens (tertiary/aromatic N) is 3. The second-order valence-corrected chi connectivity index (χ2v) is 26.4. The molecule has 0 radical (unpaired) electrons. The van der Waals surface area contributed by atoms with E-state index in [1.54, 1.807) is 25.7 Å². The summed E-state index contributed by atoms with van der Waals surface area (Å²) >= 11 is 0. The van der Waals surface area contributed by atoms with Crippen LogP contribution >= 0.6 is 6.98 Å².